The number of benzene rings is 2. The molecule has 0 saturated carbocycles. The molecule has 1 heterocycles. The van der Waals surface area contributed by atoms with Gasteiger partial charge in [0, 0.05) is 32.0 Å². The normalized spacial score (nSPS) is 21.6. The lowest BCUT2D eigenvalue weighted by atomic mass is 9.91. The standard InChI is InChI=1S/C40H64O5S/c1-9-13-21-42-28-36-37(43-22-14-10-2)38(44-23-15-11-3)39(45-24-16-12-4)40(46-36)34-27-33(30(7)25-35(34)41-8)26-31-17-19-32(20-18-31)29(5)6/h17-20,25,27,29,36-40H,9-16,21-24,26,28H2,1-8H3/t36-,37-,38+,39-,40+/m1/s1. The van der Waals surface area contributed by atoms with Gasteiger partial charge in [-0.2, -0.15) is 0 Å². The minimum absolute atomic E-state index is 0.0203. The van der Waals surface area contributed by atoms with Crippen molar-refractivity contribution < 1.29 is 23.7 Å². The smallest absolute Gasteiger partial charge is 0.123 e. The van der Waals surface area contributed by atoms with Gasteiger partial charge in [-0.05, 0) is 73.3 Å². The van der Waals surface area contributed by atoms with Crippen molar-refractivity contribution >= 4 is 11.8 Å². The molecule has 0 aromatic heterocycles. The van der Waals surface area contributed by atoms with Crippen molar-refractivity contribution in [3.8, 4) is 5.75 Å². The number of methoxy groups -OCH3 is 1. The molecular weight excluding hydrogens is 593 g/mol. The fourth-order valence-corrected chi connectivity index (χ4v) is 7.64. The average molecular weight is 657 g/mol. The van der Waals surface area contributed by atoms with E-state index in [0.717, 1.165) is 76.8 Å². The zero-order valence-corrected chi connectivity index (χ0v) is 31.1. The fourth-order valence-electron chi connectivity index (χ4n) is 5.98. The molecule has 0 aliphatic carbocycles. The third-order valence-corrected chi connectivity index (χ3v) is 10.6. The second-order valence-corrected chi connectivity index (χ2v) is 14.6. The van der Waals surface area contributed by atoms with Gasteiger partial charge in [-0.1, -0.05) is 97.6 Å². The van der Waals surface area contributed by atoms with E-state index in [1.165, 1.54) is 27.8 Å². The predicted octanol–water partition coefficient (Wildman–Crippen LogP) is 10.2. The van der Waals surface area contributed by atoms with E-state index in [1.807, 2.05) is 11.8 Å². The maximum Gasteiger partial charge on any atom is 0.123 e. The predicted molar refractivity (Wildman–Crippen MR) is 195 cm³/mol. The maximum atomic E-state index is 6.86. The Morgan fingerprint density at radius 3 is 1.85 bits per heavy atom. The maximum absolute atomic E-state index is 6.86. The topological polar surface area (TPSA) is 46.2 Å². The quantitative estimate of drug-likeness (QED) is 0.118. The monoisotopic (exact) mass is 656 g/mol. The molecule has 260 valence electrons. The molecule has 0 radical (unpaired) electrons. The van der Waals surface area contributed by atoms with Gasteiger partial charge in [0.2, 0.25) is 0 Å². The molecule has 1 aliphatic rings. The van der Waals surface area contributed by atoms with E-state index in [0.29, 0.717) is 25.7 Å². The van der Waals surface area contributed by atoms with Crippen LogP contribution in [-0.2, 0) is 25.4 Å². The zero-order valence-electron chi connectivity index (χ0n) is 30.3. The highest BCUT2D eigenvalue weighted by Gasteiger charge is 2.49. The van der Waals surface area contributed by atoms with Gasteiger partial charge in [-0.15, -0.1) is 11.8 Å². The lowest BCUT2D eigenvalue weighted by molar-refractivity contribution is -0.149. The molecule has 1 saturated heterocycles. The first-order valence-corrected chi connectivity index (χ1v) is 19.2. The van der Waals surface area contributed by atoms with Crippen LogP contribution in [0.5, 0.6) is 5.75 Å². The number of hydrogen-bond donors (Lipinski definition) is 0. The summed E-state index contributed by atoms with van der Waals surface area (Å²) in [5.41, 5.74) is 6.44. The van der Waals surface area contributed by atoms with Crippen LogP contribution in [0.15, 0.2) is 36.4 Å². The van der Waals surface area contributed by atoms with Gasteiger partial charge in [-0.25, -0.2) is 0 Å². The summed E-state index contributed by atoms with van der Waals surface area (Å²) in [5, 5.41) is 0.140. The van der Waals surface area contributed by atoms with Crippen molar-refractivity contribution in [2.75, 3.05) is 40.1 Å². The summed E-state index contributed by atoms with van der Waals surface area (Å²) < 4.78 is 32.8. The van der Waals surface area contributed by atoms with E-state index >= 15 is 0 Å². The molecule has 2 aromatic rings. The molecule has 6 heteroatoms. The van der Waals surface area contributed by atoms with Gasteiger partial charge >= 0.3 is 0 Å². The number of rotatable bonds is 22. The second-order valence-electron chi connectivity index (χ2n) is 13.2. The van der Waals surface area contributed by atoms with Crippen molar-refractivity contribution in [1.29, 1.82) is 0 Å². The highest BCUT2D eigenvalue weighted by atomic mass is 32.2. The first-order chi connectivity index (χ1) is 22.4. The van der Waals surface area contributed by atoms with E-state index in [1.54, 1.807) is 7.11 Å². The van der Waals surface area contributed by atoms with Crippen LogP contribution in [0.2, 0.25) is 0 Å². The largest absolute Gasteiger partial charge is 0.496 e. The van der Waals surface area contributed by atoms with Gasteiger partial charge in [0.15, 0.2) is 0 Å². The van der Waals surface area contributed by atoms with E-state index < -0.39 is 0 Å². The minimum Gasteiger partial charge on any atom is -0.496 e. The van der Waals surface area contributed by atoms with E-state index in [2.05, 4.69) is 84.9 Å². The van der Waals surface area contributed by atoms with Crippen LogP contribution in [0.1, 0.15) is 132 Å². The molecule has 2 aromatic carbocycles. The van der Waals surface area contributed by atoms with Gasteiger partial charge in [0.05, 0.1) is 24.2 Å². The lowest BCUT2D eigenvalue weighted by Gasteiger charge is -2.46. The molecule has 0 bridgehead atoms. The Kier molecular flexibility index (Phi) is 18.1. The van der Waals surface area contributed by atoms with Crippen molar-refractivity contribution in [2.24, 2.45) is 0 Å². The summed E-state index contributed by atoms with van der Waals surface area (Å²) in [6, 6.07) is 13.7. The molecule has 5 atom stereocenters. The second kappa shape index (κ2) is 21.4. The van der Waals surface area contributed by atoms with Crippen molar-refractivity contribution in [3.05, 3.63) is 64.2 Å². The van der Waals surface area contributed by atoms with Gasteiger partial charge in [0.25, 0.3) is 0 Å². The van der Waals surface area contributed by atoms with Crippen molar-refractivity contribution in [3.63, 3.8) is 0 Å². The van der Waals surface area contributed by atoms with E-state index in [-0.39, 0.29) is 28.8 Å². The van der Waals surface area contributed by atoms with E-state index in [4.69, 9.17) is 23.7 Å². The summed E-state index contributed by atoms with van der Waals surface area (Å²) in [6.07, 6.45) is 8.94. The van der Waals surface area contributed by atoms with Crippen molar-refractivity contribution in [2.45, 2.75) is 141 Å². The Balaban J connectivity index is 2.06. The third kappa shape index (κ3) is 11.5. The molecule has 1 fully saturated rings. The highest BCUT2D eigenvalue weighted by Crippen LogP contribution is 2.49. The van der Waals surface area contributed by atoms with E-state index in [9.17, 15) is 0 Å². The van der Waals surface area contributed by atoms with Crippen LogP contribution in [0.4, 0.5) is 0 Å². The third-order valence-electron chi connectivity index (χ3n) is 9.02. The first kappa shape index (κ1) is 38.9. The summed E-state index contributed by atoms with van der Waals surface area (Å²) in [4.78, 5) is 0. The Hall–Kier alpha value is -1.57. The van der Waals surface area contributed by atoms with Crippen LogP contribution >= 0.6 is 11.8 Å². The number of aryl methyl sites for hydroxylation is 1. The van der Waals surface area contributed by atoms with Gasteiger partial charge < -0.3 is 23.7 Å². The van der Waals surface area contributed by atoms with Crippen molar-refractivity contribution in [1.82, 2.24) is 0 Å². The Morgan fingerprint density at radius 2 is 1.28 bits per heavy atom. The summed E-state index contributed by atoms with van der Waals surface area (Å²) in [5.74, 6) is 1.44. The fraction of sp³-hybridized carbons (Fsp3) is 0.700. The first-order valence-electron chi connectivity index (χ1n) is 18.2. The summed E-state index contributed by atoms with van der Waals surface area (Å²) in [6.45, 7) is 19.1. The number of thioether (sulfide) groups is 1. The number of unbranched alkanes of at least 4 members (excludes halogenated alkanes) is 4. The van der Waals surface area contributed by atoms with Crippen LogP contribution in [0.3, 0.4) is 0 Å². The summed E-state index contributed by atoms with van der Waals surface area (Å²) in [7, 11) is 1.79. The molecular formula is C40H64O5S. The van der Waals surface area contributed by atoms with Gasteiger partial charge in [-0.3, -0.25) is 0 Å². The molecule has 0 N–H and O–H groups in total. The molecule has 5 nitrogen and oxygen atoms in total. The zero-order chi connectivity index (χ0) is 33.3. The highest BCUT2D eigenvalue weighted by molar-refractivity contribution is 8.00. The SMILES string of the molecule is CCCCOC[C@H]1S[C@@H](c2cc(Cc3ccc(C(C)C)cc3)c(C)cc2OC)[C@H](OCCCC)[C@@H](OCCCC)[C@@H]1OCCCC. The molecule has 0 unspecified atom stereocenters. The van der Waals surface area contributed by atoms with Crippen LogP contribution in [0, 0.1) is 6.92 Å². The van der Waals surface area contributed by atoms with Crippen LogP contribution < -0.4 is 4.74 Å². The summed E-state index contributed by atoms with van der Waals surface area (Å²) >= 11 is 1.94. The van der Waals surface area contributed by atoms with Crippen LogP contribution in [-0.4, -0.2) is 63.7 Å². The molecule has 0 spiro atoms. The molecule has 0 amide bonds. The minimum atomic E-state index is -0.190. The van der Waals surface area contributed by atoms with Gasteiger partial charge in [0.1, 0.15) is 24.1 Å². The Bertz CT molecular complexity index is 1100. The Labute approximate surface area is 285 Å². The molecule has 3 rings (SSSR count). The van der Waals surface area contributed by atoms with Crippen LogP contribution in [0.25, 0.3) is 0 Å². The Morgan fingerprint density at radius 1 is 0.717 bits per heavy atom. The lowest BCUT2D eigenvalue weighted by Crippen LogP contribution is -2.55. The molecule has 46 heavy (non-hydrogen) atoms. The number of ether oxygens (including phenoxy) is 5. The molecule has 1 aliphatic heterocycles. The average Bonchev–Trinajstić information content (AvgIpc) is 3.05. The number of hydrogen-bond acceptors (Lipinski definition) is 6.